The molecule has 32 heavy (non-hydrogen) atoms. The first-order valence-corrected chi connectivity index (χ1v) is 9.92. The Morgan fingerprint density at radius 2 is 1.81 bits per heavy atom. The summed E-state index contributed by atoms with van der Waals surface area (Å²) in [5, 5.41) is 0.424. The van der Waals surface area contributed by atoms with Crippen molar-refractivity contribution < 1.29 is 22.3 Å². The van der Waals surface area contributed by atoms with Crippen molar-refractivity contribution in [2.24, 2.45) is 0 Å². The Kier molecular flexibility index (Phi) is 5.96. The maximum Gasteiger partial charge on any atom is 0.449 e. The van der Waals surface area contributed by atoms with Gasteiger partial charge in [0, 0.05) is 26.2 Å². The lowest BCUT2D eigenvalue weighted by molar-refractivity contribution is -0.153. The molecule has 4 heterocycles. The lowest BCUT2D eigenvalue weighted by atomic mass is 10.3. The number of anilines is 2. The highest BCUT2D eigenvalue weighted by molar-refractivity contribution is 6.31. The molecule has 4 rings (SSSR count). The van der Waals surface area contributed by atoms with Crippen LogP contribution < -0.4 is 20.2 Å². The third kappa shape index (κ3) is 4.64. The number of pyridine rings is 1. The van der Waals surface area contributed by atoms with Gasteiger partial charge in [0.05, 0.1) is 13.7 Å². The number of furan rings is 1. The minimum atomic E-state index is -4.58. The molecule has 0 saturated carbocycles. The maximum absolute atomic E-state index is 12.7. The first kappa shape index (κ1) is 21.9. The van der Waals surface area contributed by atoms with Crippen LogP contribution in [0.1, 0.15) is 11.5 Å². The first-order chi connectivity index (χ1) is 15.2. The second-order valence-corrected chi connectivity index (χ2v) is 7.37. The second-order valence-electron chi connectivity index (χ2n) is 6.97. The number of alkyl halides is 3. The summed E-state index contributed by atoms with van der Waals surface area (Å²) < 4.78 is 49.0. The molecule has 13 heteroatoms. The average molecular weight is 471 g/mol. The summed E-state index contributed by atoms with van der Waals surface area (Å²) in [5.74, 6) is 0.179. The van der Waals surface area contributed by atoms with E-state index in [1.807, 2.05) is 9.80 Å². The molecule has 3 aromatic heterocycles. The van der Waals surface area contributed by atoms with E-state index in [2.05, 4.69) is 15.0 Å². The summed E-state index contributed by atoms with van der Waals surface area (Å²) in [4.78, 5) is 28.8. The van der Waals surface area contributed by atoms with E-state index < -0.39 is 17.6 Å². The van der Waals surface area contributed by atoms with Gasteiger partial charge in [0.25, 0.3) is 0 Å². The molecular weight excluding hydrogens is 453 g/mol. The summed E-state index contributed by atoms with van der Waals surface area (Å²) in [5.41, 5.74) is -0.633. The van der Waals surface area contributed by atoms with Crippen LogP contribution in [0.5, 0.6) is 5.88 Å². The van der Waals surface area contributed by atoms with Crippen molar-refractivity contribution in [1.29, 1.82) is 0 Å². The predicted octanol–water partition coefficient (Wildman–Crippen LogP) is 2.68. The van der Waals surface area contributed by atoms with Crippen molar-refractivity contribution in [3.8, 4) is 5.88 Å². The van der Waals surface area contributed by atoms with E-state index in [-0.39, 0.29) is 18.3 Å². The summed E-state index contributed by atoms with van der Waals surface area (Å²) in [6, 6.07) is 5.51. The molecule has 170 valence electrons. The number of piperazine rings is 1. The summed E-state index contributed by atoms with van der Waals surface area (Å²) >= 11 is 6.02. The third-order valence-corrected chi connectivity index (χ3v) is 5.19. The van der Waals surface area contributed by atoms with Gasteiger partial charge in [0.15, 0.2) is 0 Å². The molecule has 9 nitrogen and oxygen atoms in total. The normalized spacial score (nSPS) is 14.7. The lowest BCUT2D eigenvalue weighted by Gasteiger charge is -2.35. The molecule has 1 aliphatic heterocycles. The van der Waals surface area contributed by atoms with Crippen molar-refractivity contribution in [3.05, 3.63) is 57.6 Å². The number of methoxy groups -OCH3 is 1. The number of rotatable bonds is 5. The monoisotopic (exact) mass is 470 g/mol. The van der Waals surface area contributed by atoms with Gasteiger partial charge in [-0.1, -0.05) is 11.6 Å². The minimum absolute atomic E-state index is 0.0183. The standard InChI is InChI=1S/C19H18ClF3N6O3/c1-31-16-13(20)3-5-15(25-16)27-6-8-28(9-7-27)17-24-11-29(18(30)26-17)10-12-2-4-14(32-12)19(21,22)23/h2-5,11H,6-10H2,1H3. The van der Waals surface area contributed by atoms with Gasteiger partial charge >= 0.3 is 11.9 Å². The molecule has 0 spiro atoms. The number of nitrogens with zero attached hydrogens (tertiary/aromatic N) is 6. The van der Waals surface area contributed by atoms with Crippen LogP contribution in [0, 0.1) is 0 Å². The van der Waals surface area contributed by atoms with Gasteiger partial charge in [0.1, 0.15) is 22.9 Å². The van der Waals surface area contributed by atoms with E-state index in [0.29, 0.717) is 37.1 Å². The summed E-state index contributed by atoms with van der Waals surface area (Å²) in [7, 11) is 1.50. The first-order valence-electron chi connectivity index (χ1n) is 9.54. The molecular formula is C19H18ClF3N6O3. The van der Waals surface area contributed by atoms with Gasteiger partial charge in [-0.05, 0) is 24.3 Å². The molecule has 0 atom stereocenters. The van der Waals surface area contributed by atoms with E-state index >= 15 is 0 Å². The number of hydrogen-bond acceptors (Lipinski definition) is 8. The molecule has 0 bridgehead atoms. The predicted molar refractivity (Wildman–Crippen MR) is 109 cm³/mol. The van der Waals surface area contributed by atoms with Gasteiger partial charge in [-0.2, -0.15) is 23.1 Å². The van der Waals surface area contributed by atoms with Crippen LogP contribution in [-0.4, -0.2) is 52.8 Å². The van der Waals surface area contributed by atoms with E-state index in [9.17, 15) is 18.0 Å². The zero-order valence-corrected chi connectivity index (χ0v) is 17.6. The molecule has 1 saturated heterocycles. The molecule has 1 fully saturated rings. The van der Waals surface area contributed by atoms with Crippen molar-refractivity contribution in [1.82, 2.24) is 19.5 Å². The van der Waals surface area contributed by atoms with Crippen molar-refractivity contribution in [2.45, 2.75) is 12.7 Å². The molecule has 0 unspecified atom stereocenters. The molecule has 0 N–H and O–H groups in total. The van der Waals surface area contributed by atoms with E-state index in [1.54, 1.807) is 12.1 Å². The van der Waals surface area contributed by atoms with Crippen LogP contribution >= 0.6 is 11.6 Å². The zero-order chi connectivity index (χ0) is 22.9. The summed E-state index contributed by atoms with van der Waals surface area (Å²) in [6.07, 6.45) is -3.34. The van der Waals surface area contributed by atoms with Gasteiger partial charge in [0.2, 0.25) is 17.6 Å². The Hall–Kier alpha value is -3.28. The number of aromatic nitrogens is 4. The third-order valence-electron chi connectivity index (χ3n) is 4.90. The maximum atomic E-state index is 12.7. The van der Waals surface area contributed by atoms with Crippen molar-refractivity contribution in [3.63, 3.8) is 0 Å². The SMILES string of the molecule is COc1nc(N2CCN(c3ncn(Cc4ccc(C(F)(F)F)o4)c(=O)n3)CC2)ccc1Cl. The molecule has 0 aliphatic carbocycles. The Morgan fingerprint density at radius 3 is 2.44 bits per heavy atom. The smallest absolute Gasteiger partial charge is 0.449 e. The fraction of sp³-hybridized carbons (Fsp3) is 0.368. The molecule has 0 radical (unpaired) electrons. The zero-order valence-electron chi connectivity index (χ0n) is 16.8. The largest absolute Gasteiger partial charge is 0.480 e. The Labute approximate surface area is 185 Å². The van der Waals surface area contributed by atoms with Crippen LogP contribution in [0.15, 0.2) is 39.8 Å². The summed E-state index contributed by atoms with van der Waals surface area (Å²) in [6.45, 7) is 2.10. The molecule has 1 aliphatic rings. The highest BCUT2D eigenvalue weighted by Crippen LogP contribution is 2.30. The van der Waals surface area contributed by atoms with Gasteiger partial charge in [-0.25, -0.2) is 9.78 Å². The topological polar surface area (TPSA) is 89.5 Å². The highest BCUT2D eigenvalue weighted by atomic mass is 35.5. The average Bonchev–Trinajstić information content (AvgIpc) is 3.25. The number of halogens is 4. The fourth-order valence-electron chi connectivity index (χ4n) is 3.26. The lowest BCUT2D eigenvalue weighted by Crippen LogP contribution is -2.48. The quantitative estimate of drug-likeness (QED) is 0.562. The minimum Gasteiger partial charge on any atom is -0.480 e. The van der Waals surface area contributed by atoms with Crippen LogP contribution in [0.3, 0.4) is 0 Å². The van der Waals surface area contributed by atoms with E-state index in [0.717, 1.165) is 16.5 Å². The fourth-order valence-corrected chi connectivity index (χ4v) is 3.44. The highest BCUT2D eigenvalue weighted by Gasteiger charge is 2.34. The Bertz CT molecular complexity index is 1160. The second kappa shape index (κ2) is 8.69. The van der Waals surface area contributed by atoms with Crippen molar-refractivity contribution >= 4 is 23.4 Å². The Morgan fingerprint density at radius 1 is 1.09 bits per heavy atom. The molecule has 0 amide bonds. The van der Waals surface area contributed by atoms with Crippen LogP contribution in [0.4, 0.5) is 24.9 Å². The van der Waals surface area contributed by atoms with Crippen molar-refractivity contribution in [2.75, 3.05) is 43.1 Å². The van der Waals surface area contributed by atoms with E-state index in [1.165, 1.54) is 19.5 Å². The van der Waals surface area contributed by atoms with E-state index in [4.69, 9.17) is 20.8 Å². The molecule has 3 aromatic rings. The van der Waals surface area contributed by atoms with Crippen LogP contribution in [-0.2, 0) is 12.7 Å². The van der Waals surface area contributed by atoms with Gasteiger partial charge in [-0.3, -0.25) is 4.57 Å². The van der Waals surface area contributed by atoms with Crippen LogP contribution in [0.2, 0.25) is 5.02 Å². The Balaban J connectivity index is 1.41. The van der Waals surface area contributed by atoms with Crippen LogP contribution in [0.25, 0.3) is 0 Å². The number of hydrogen-bond donors (Lipinski definition) is 0. The molecule has 0 aromatic carbocycles. The van der Waals surface area contributed by atoms with Gasteiger partial charge in [-0.15, -0.1) is 0 Å². The van der Waals surface area contributed by atoms with Gasteiger partial charge < -0.3 is 19.0 Å². The number of ether oxygens (including phenoxy) is 1.